The number of carbonyl (C=O) groups excluding carboxylic acids is 1. The van der Waals surface area contributed by atoms with E-state index in [4.69, 9.17) is 0 Å². The molecule has 0 saturated heterocycles. The SMILES string of the molecule is Cc1n[nH]c(=O)c(C(=O)NCc2cccs2)c1C. The molecule has 18 heavy (non-hydrogen) atoms. The summed E-state index contributed by atoms with van der Waals surface area (Å²) in [5.74, 6) is -0.368. The number of hydrogen-bond acceptors (Lipinski definition) is 4. The molecule has 5 nitrogen and oxygen atoms in total. The van der Waals surface area contributed by atoms with Gasteiger partial charge >= 0.3 is 0 Å². The summed E-state index contributed by atoms with van der Waals surface area (Å²) in [6.07, 6.45) is 0. The predicted molar refractivity (Wildman–Crippen MR) is 69.8 cm³/mol. The summed E-state index contributed by atoms with van der Waals surface area (Å²) in [6.45, 7) is 3.90. The molecule has 0 unspecified atom stereocenters. The van der Waals surface area contributed by atoms with Crippen molar-refractivity contribution in [2.45, 2.75) is 20.4 Å². The number of nitrogens with one attached hydrogen (secondary N) is 2. The van der Waals surface area contributed by atoms with Crippen LogP contribution in [0, 0.1) is 13.8 Å². The average Bonchev–Trinajstić information content (AvgIpc) is 2.85. The smallest absolute Gasteiger partial charge is 0.277 e. The standard InChI is InChI=1S/C12H13N3O2S/c1-7-8(2)14-15-12(17)10(7)11(16)13-6-9-4-3-5-18-9/h3-5H,6H2,1-2H3,(H,13,16)(H,15,17). The van der Waals surface area contributed by atoms with E-state index < -0.39 is 5.56 Å². The number of aryl methyl sites for hydroxylation is 1. The minimum absolute atomic E-state index is 0.138. The maximum absolute atomic E-state index is 12.0. The van der Waals surface area contributed by atoms with Crippen LogP contribution in [0.3, 0.4) is 0 Å². The normalized spacial score (nSPS) is 10.3. The molecule has 2 N–H and O–H groups in total. The topological polar surface area (TPSA) is 74.8 Å². The number of H-pyrrole nitrogens is 1. The van der Waals surface area contributed by atoms with Crippen LogP contribution in [0.5, 0.6) is 0 Å². The third kappa shape index (κ3) is 2.48. The summed E-state index contributed by atoms with van der Waals surface area (Å²) in [4.78, 5) is 24.6. The number of hydrogen-bond donors (Lipinski definition) is 2. The zero-order chi connectivity index (χ0) is 13.1. The van der Waals surface area contributed by atoms with Crippen molar-refractivity contribution < 1.29 is 4.79 Å². The van der Waals surface area contributed by atoms with E-state index in [0.29, 0.717) is 17.8 Å². The van der Waals surface area contributed by atoms with E-state index in [1.54, 1.807) is 25.2 Å². The van der Waals surface area contributed by atoms with Crippen LogP contribution in [-0.2, 0) is 6.54 Å². The van der Waals surface area contributed by atoms with Crippen molar-refractivity contribution in [2.24, 2.45) is 0 Å². The third-order valence-corrected chi connectivity index (χ3v) is 3.58. The van der Waals surface area contributed by atoms with E-state index >= 15 is 0 Å². The molecule has 0 fully saturated rings. The van der Waals surface area contributed by atoms with E-state index in [-0.39, 0.29) is 11.5 Å². The van der Waals surface area contributed by atoms with E-state index in [0.717, 1.165) is 4.88 Å². The molecule has 1 amide bonds. The van der Waals surface area contributed by atoms with Crippen molar-refractivity contribution in [3.63, 3.8) is 0 Å². The lowest BCUT2D eigenvalue weighted by Gasteiger charge is -2.07. The number of nitrogens with zero attached hydrogens (tertiary/aromatic N) is 1. The molecule has 0 spiro atoms. The summed E-state index contributed by atoms with van der Waals surface area (Å²) >= 11 is 1.56. The Kier molecular flexibility index (Phi) is 3.57. The lowest BCUT2D eigenvalue weighted by molar-refractivity contribution is 0.0948. The quantitative estimate of drug-likeness (QED) is 0.878. The molecule has 94 valence electrons. The minimum Gasteiger partial charge on any atom is -0.347 e. The van der Waals surface area contributed by atoms with E-state index in [1.165, 1.54) is 0 Å². The van der Waals surface area contributed by atoms with Gasteiger partial charge in [0.05, 0.1) is 12.2 Å². The third-order valence-electron chi connectivity index (χ3n) is 2.70. The molecule has 2 aromatic rings. The van der Waals surface area contributed by atoms with Gasteiger partial charge in [0.25, 0.3) is 11.5 Å². The van der Waals surface area contributed by atoms with Crippen LogP contribution in [0.2, 0.25) is 0 Å². The molecule has 0 aromatic carbocycles. The van der Waals surface area contributed by atoms with Gasteiger partial charge in [0.2, 0.25) is 0 Å². The first-order valence-corrected chi connectivity index (χ1v) is 6.34. The molecule has 0 bridgehead atoms. The van der Waals surface area contributed by atoms with Gasteiger partial charge in [-0.05, 0) is 30.9 Å². The molecular formula is C12H13N3O2S. The van der Waals surface area contributed by atoms with Gasteiger partial charge in [-0.2, -0.15) is 5.10 Å². The Morgan fingerprint density at radius 3 is 2.94 bits per heavy atom. The molecule has 2 aromatic heterocycles. The van der Waals surface area contributed by atoms with Crippen molar-refractivity contribution in [3.8, 4) is 0 Å². The summed E-state index contributed by atoms with van der Waals surface area (Å²) in [7, 11) is 0. The molecule has 6 heteroatoms. The summed E-state index contributed by atoms with van der Waals surface area (Å²) in [5.41, 5.74) is 0.944. The number of carbonyl (C=O) groups is 1. The van der Waals surface area contributed by atoms with Crippen LogP contribution >= 0.6 is 11.3 Å². The average molecular weight is 263 g/mol. The Morgan fingerprint density at radius 1 is 1.50 bits per heavy atom. The zero-order valence-electron chi connectivity index (χ0n) is 10.1. The number of amides is 1. The second kappa shape index (κ2) is 5.14. The fraction of sp³-hybridized carbons (Fsp3) is 0.250. The molecule has 2 rings (SSSR count). The molecular weight excluding hydrogens is 250 g/mol. The second-order valence-corrected chi connectivity index (χ2v) is 4.93. The van der Waals surface area contributed by atoms with E-state index in [1.807, 2.05) is 17.5 Å². The largest absolute Gasteiger partial charge is 0.347 e. The van der Waals surface area contributed by atoms with Gasteiger partial charge in [-0.25, -0.2) is 5.10 Å². The minimum atomic E-state index is -0.457. The van der Waals surface area contributed by atoms with Gasteiger partial charge in [0.15, 0.2) is 0 Å². The first kappa shape index (κ1) is 12.5. The second-order valence-electron chi connectivity index (χ2n) is 3.90. The molecule has 0 atom stereocenters. The van der Waals surface area contributed by atoms with E-state index in [9.17, 15) is 9.59 Å². The zero-order valence-corrected chi connectivity index (χ0v) is 10.9. The van der Waals surface area contributed by atoms with Crippen molar-refractivity contribution in [1.82, 2.24) is 15.5 Å². The highest BCUT2D eigenvalue weighted by molar-refractivity contribution is 7.09. The van der Waals surface area contributed by atoms with Crippen LogP contribution in [-0.4, -0.2) is 16.1 Å². The van der Waals surface area contributed by atoms with Gasteiger partial charge < -0.3 is 5.32 Å². The number of aromatic nitrogens is 2. The van der Waals surface area contributed by atoms with Gasteiger partial charge in [-0.3, -0.25) is 9.59 Å². The fourth-order valence-corrected chi connectivity index (χ4v) is 2.21. The van der Waals surface area contributed by atoms with Crippen LogP contribution < -0.4 is 10.9 Å². The van der Waals surface area contributed by atoms with Crippen molar-refractivity contribution in [1.29, 1.82) is 0 Å². The molecule has 0 aliphatic rings. The molecule has 0 aliphatic carbocycles. The molecule has 0 saturated carbocycles. The lowest BCUT2D eigenvalue weighted by atomic mass is 10.1. The van der Waals surface area contributed by atoms with Crippen molar-refractivity contribution >= 4 is 17.2 Å². The lowest BCUT2D eigenvalue weighted by Crippen LogP contribution is -2.31. The van der Waals surface area contributed by atoms with Crippen LogP contribution in [0.25, 0.3) is 0 Å². The Bertz CT molecular complexity index is 617. The summed E-state index contributed by atoms with van der Waals surface area (Å²) in [6, 6.07) is 3.85. The van der Waals surface area contributed by atoms with Crippen LogP contribution in [0.15, 0.2) is 22.3 Å². The fourth-order valence-electron chi connectivity index (χ4n) is 1.57. The van der Waals surface area contributed by atoms with Crippen molar-refractivity contribution in [3.05, 3.63) is 49.6 Å². The monoisotopic (exact) mass is 263 g/mol. The summed E-state index contributed by atoms with van der Waals surface area (Å²) < 4.78 is 0. The summed E-state index contributed by atoms with van der Waals surface area (Å²) in [5, 5.41) is 10.8. The molecule has 2 heterocycles. The van der Waals surface area contributed by atoms with Gasteiger partial charge in [-0.15, -0.1) is 11.3 Å². The first-order chi connectivity index (χ1) is 8.59. The predicted octanol–water partition coefficient (Wildman–Crippen LogP) is 1.38. The first-order valence-electron chi connectivity index (χ1n) is 5.46. The van der Waals surface area contributed by atoms with Gasteiger partial charge in [0.1, 0.15) is 5.56 Å². The highest BCUT2D eigenvalue weighted by atomic mass is 32.1. The van der Waals surface area contributed by atoms with Gasteiger partial charge in [-0.1, -0.05) is 6.07 Å². The highest BCUT2D eigenvalue weighted by Gasteiger charge is 2.15. The van der Waals surface area contributed by atoms with Crippen molar-refractivity contribution in [2.75, 3.05) is 0 Å². The number of aromatic amines is 1. The number of thiophene rings is 1. The van der Waals surface area contributed by atoms with Crippen LogP contribution in [0.1, 0.15) is 26.5 Å². The number of rotatable bonds is 3. The Balaban J connectivity index is 2.19. The molecule has 0 aliphatic heterocycles. The van der Waals surface area contributed by atoms with Gasteiger partial charge in [0, 0.05) is 4.88 Å². The van der Waals surface area contributed by atoms with Crippen LogP contribution in [0.4, 0.5) is 0 Å². The Labute approximate surface area is 108 Å². The molecule has 0 radical (unpaired) electrons. The highest BCUT2D eigenvalue weighted by Crippen LogP contribution is 2.09. The Hall–Kier alpha value is -1.95. The maximum atomic E-state index is 12.0. The van der Waals surface area contributed by atoms with E-state index in [2.05, 4.69) is 15.5 Å². The Morgan fingerprint density at radius 2 is 2.28 bits per heavy atom. The maximum Gasteiger partial charge on any atom is 0.277 e.